The van der Waals surface area contributed by atoms with Gasteiger partial charge in [-0.2, -0.15) is 10.5 Å². The second-order valence-electron chi connectivity index (χ2n) is 7.88. The number of carbonyl (C=O) groups is 1. The summed E-state index contributed by atoms with van der Waals surface area (Å²) >= 11 is 14.1. The van der Waals surface area contributed by atoms with E-state index in [1.165, 1.54) is 41.7 Å². The van der Waals surface area contributed by atoms with E-state index in [0.717, 1.165) is 41.7 Å². The topological polar surface area (TPSA) is 85.9 Å². The molecule has 1 aromatic heterocycles. The molecule has 0 unspecified atom stereocenters. The van der Waals surface area contributed by atoms with Crippen molar-refractivity contribution in [1.82, 2.24) is 0 Å². The van der Waals surface area contributed by atoms with Crippen molar-refractivity contribution in [3.05, 3.63) is 85.0 Å². The first kappa shape index (κ1) is 24.8. The Morgan fingerprint density at radius 3 is 2.49 bits per heavy atom. The maximum atomic E-state index is 13.1. The van der Waals surface area contributed by atoms with Gasteiger partial charge in [0.05, 0.1) is 15.6 Å². The van der Waals surface area contributed by atoms with Crippen LogP contribution in [0.4, 0.5) is 9.39 Å². The molecule has 0 radical (unpaired) electrons. The molecule has 176 valence electrons. The first-order valence-electron chi connectivity index (χ1n) is 10.7. The van der Waals surface area contributed by atoms with Gasteiger partial charge in [0, 0.05) is 4.88 Å². The summed E-state index contributed by atoms with van der Waals surface area (Å²) in [6.07, 6.45) is 5.15. The Labute approximate surface area is 216 Å². The minimum absolute atomic E-state index is 0.132. The van der Waals surface area contributed by atoms with E-state index in [1.54, 1.807) is 12.1 Å². The van der Waals surface area contributed by atoms with E-state index < -0.39 is 5.91 Å². The normalized spacial score (nSPS) is 12.9. The first-order valence-corrected chi connectivity index (χ1v) is 12.3. The monoisotopic (exact) mass is 525 g/mol. The molecule has 0 saturated heterocycles. The van der Waals surface area contributed by atoms with Crippen LogP contribution in [0.5, 0.6) is 5.75 Å². The van der Waals surface area contributed by atoms with E-state index in [1.807, 2.05) is 6.07 Å². The van der Waals surface area contributed by atoms with Crippen molar-refractivity contribution in [2.24, 2.45) is 0 Å². The lowest BCUT2D eigenvalue weighted by molar-refractivity contribution is -0.112. The average Bonchev–Trinajstić information content (AvgIpc) is 3.19. The predicted octanol–water partition coefficient (Wildman–Crippen LogP) is 7.07. The van der Waals surface area contributed by atoms with Crippen LogP contribution in [0.15, 0.2) is 42.0 Å². The number of amides is 1. The number of anilines is 1. The zero-order valence-electron chi connectivity index (χ0n) is 18.3. The van der Waals surface area contributed by atoms with Gasteiger partial charge in [-0.15, -0.1) is 11.3 Å². The zero-order valence-corrected chi connectivity index (χ0v) is 20.7. The number of nitrogens with one attached hydrogen (secondary N) is 1. The molecule has 1 amide bonds. The number of benzene rings is 2. The van der Waals surface area contributed by atoms with Gasteiger partial charge in [0.15, 0.2) is 5.75 Å². The van der Waals surface area contributed by atoms with Crippen LogP contribution in [0.2, 0.25) is 10.0 Å². The summed E-state index contributed by atoms with van der Waals surface area (Å²) in [6, 6.07) is 13.0. The Balaban J connectivity index is 1.52. The summed E-state index contributed by atoms with van der Waals surface area (Å²) < 4.78 is 18.8. The molecule has 1 N–H and O–H groups in total. The van der Waals surface area contributed by atoms with Gasteiger partial charge >= 0.3 is 0 Å². The molecule has 3 aromatic rings. The van der Waals surface area contributed by atoms with E-state index in [0.29, 0.717) is 16.1 Å². The number of rotatable bonds is 6. The summed E-state index contributed by atoms with van der Waals surface area (Å²) in [5, 5.41) is 22.8. The Morgan fingerprint density at radius 1 is 1.14 bits per heavy atom. The molecule has 1 aliphatic carbocycles. The van der Waals surface area contributed by atoms with Crippen LogP contribution in [0.25, 0.3) is 6.08 Å². The van der Waals surface area contributed by atoms with Gasteiger partial charge in [0.25, 0.3) is 5.91 Å². The number of nitrogens with zero attached hydrogens (tertiary/aromatic N) is 2. The largest absolute Gasteiger partial charge is 0.486 e. The highest BCUT2D eigenvalue weighted by molar-refractivity contribution is 7.16. The molecule has 0 spiro atoms. The van der Waals surface area contributed by atoms with Gasteiger partial charge < -0.3 is 10.1 Å². The first-order chi connectivity index (χ1) is 16.9. The summed E-state index contributed by atoms with van der Waals surface area (Å²) in [4.78, 5) is 13.9. The maximum Gasteiger partial charge on any atom is 0.266 e. The standard InChI is InChI=1S/C26H18Cl2FN3O2S/c27-21-10-16(11-22(28)24(21)34-14-15-5-7-18(29)8-6-15)9-17(12-30)25(33)32-26-20(13-31)19-3-1-2-4-23(19)35-26/h5-11H,1-4,14H2,(H,32,33)/b17-9+. The van der Waals surface area contributed by atoms with E-state index in [-0.39, 0.29) is 33.8 Å². The lowest BCUT2D eigenvalue weighted by Gasteiger charge is -2.11. The number of ether oxygens (including phenoxy) is 1. The molecule has 9 heteroatoms. The van der Waals surface area contributed by atoms with Crippen LogP contribution in [0.1, 0.15) is 40.0 Å². The van der Waals surface area contributed by atoms with Crippen molar-refractivity contribution in [3.8, 4) is 17.9 Å². The highest BCUT2D eigenvalue weighted by Gasteiger charge is 2.23. The molecule has 0 fully saturated rings. The van der Waals surface area contributed by atoms with Gasteiger partial charge in [0.2, 0.25) is 0 Å². The molecule has 0 aliphatic heterocycles. The lowest BCUT2D eigenvalue weighted by Crippen LogP contribution is -2.13. The number of thiophene rings is 1. The molecular weight excluding hydrogens is 508 g/mol. The molecule has 4 rings (SSSR count). The summed E-state index contributed by atoms with van der Waals surface area (Å²) in [5.41, 5.74) is 2.48. The summed E-state index contributed by atoms with van der Waals surface area (Å²) in [5.74, 6) is -0.729. The summed E-state index contributed by atoms with van der Waals surface area (Å²) in [7, 11) is 0. The predicted molar refractivity (Wildman–Crippen MR) is 135 cm³/mol. The van der Waals surface area contributed by atoms with Gasteiger partial charge in [-0.05, 0) is 72.7 Å². The molecular formula is C26H18Cl2FN3O2S. The van der Waals surface area contributed by atoms with Gasteiger partial charge in [-0.1, -0.05) is 35.3 Å². The van der Waals surface area contributed by atoms with Gasteiger partial charge in [-0.25, -0.2) is 4.39 Å². The average molecular weight is 526 g/mol. The third-order valence-electron chi connectivity index (χ3n) is 5.50. The van der Waals surface area contributed by atoms with Crippen LogP contribution in [-0.4, -0.2) is 5.91 Å². The molecule has 1 aliphatic rings. The highest BCUT2D eigenvalue weighted by atomic mass is 35.5. The molecule has 0 saturated carbocycles. The van der Waals surface area contributed by atoms with Crippen LogP contribution in [-0.2, 0) is 24.2 Å². The van der Waals surface area contributed by atoms with Crippen molar-refractivity contribution < 1.29 is 13.9 Å². The minimum atomic E-state index is -0.619. The summed E-state index contributed by atoms with van der Waals surface area (Å²) in [6.45, 7) is 0.132. The smallest absolute Gasteiger partial charge is 0.266 e. The fourth-order valence-electron chi connectivity index (χ4n) is 3.79. The van der Waals surface area contributed by atoms with Crippen molar-refractivity contribution in [1.29, 1.82) is 10.5 Å². The number of fused-ring (bicyclic) bond motifs is 1. The third kappa shape index (κ3) is 5.66. The van der Waals surface area contributed by atoms with Crippen LogP contribution < -0.4 is 10.1 Å². The second kappa shape index (κ2) is 10.9. The molecule has 0 bridgehead atoms. The third-order valence-corrected chi connectivity index (χ3v) is 7.27. The van der Waals surface area contributed by atoms with Crippen LogP contribution in [0, 0.1) is 28.5 Å². The number of hydrogen-bond acceptors (Lipinski definition) is 5. The molecule has 35 heavy (non-hydrogen) atoms. The van der Waals surface area contributed by atoms with Crippen LogP contribution in [0.3, 0.4) is 0 Å². The Bertz CT molecular complexity index is 1380. The van der Waals surface area contributed by atoms with E-state index >= 15 is 0 Å². The second-order valence-corrected chi connectivity index (χ2v) is 9.80. The van der Waals surface area contributed by atoms with E-state index in [4.69, 9.17) is 27.9 Å². The SMILES string of the molecule is N#C/C(=C\c1cc(Cl)c(OCc2ccc(F)cc2)c(Cl)c1)C(=O)Nc1sc2c(c1C#N)CCCC2. The number of carbonyl (C=O) groups excluding carboxylic acids is 1. The van der Waals surface area contributed by atoms with Crippen molar-refractivity contribution >= 4 is 51.5 Å². The fraction of sp³-hybridized carbons (Fsp3) is 0.192. The lowest BCUT2D eigenvalue weighted by atomic mass is 9.96. The molecule has 5 nitrogen and oxygen atoms in total. The Hall–Kier alpha value is -3.36. The van der Waals surface area contributed by atoms with Gasteiger partial charge in [0.1, 0.15) is 35.1 Å². The van der Waals surface area contributed by atoms with Gasteiger partial charge in [-0.3, -0.25) is 4.79 Å². The quantitative estimate of drug-likeness (QED) is 0.275. The van der Waals surface area contributed by atoms with E-state index in [9.17, 15) is 19.7 Å². The number of hydrogen-bond donors (Lipinski definition) is 1. The van der Waals surface area contributed by atoms with E-state index in [2.05, 4.69) is 11.4 Å². The van der Waals surface area contributed by atoms with Crippen molar-refractivity contribution in [2.45, 2.75) is 32.3 Å². The number of halogens is 3. The zero-order chi connectivity index (χ0) is 24.9. The number of aryl methyl sites for hydroxylation is 1. The highest BCUT2D eigenvalue weighted by Crippen LogP contribution is 2.38. The van der Waals surface area contributed by atoms with Crippen molar-refractivity contribution in [2.75, 3.05) is 5.32 Å². The molecule has 2 aromatic carbocycles. The molecule has 1 heterocycles. The van der Waals surface area contributed by atoms with Crippen molar-refractivity contribution in [3.63, 3.8) is 0 Å². The van der Waals surface area contributed by atoms with Crippen LogP contribution >= 0.6 is 34.5 Å². The Kier molecular flexibility index (Phi) is 7.73. The minimum Gasteiger partial charge on any atom is -0.486 e. The fourth-order valence-corrected chi connectivity index (χ4v) is 5.64. The number of nitriles is 2. The maximum absolute atomic E-state index is 13.1. The Morgan fingerprint density at radius 2 is 1.83 bits per heavy atom. The molecule has 0 atom stereocenters.